The molecular weight excluding hydrogens is 302 g/mol. The van der Waals surface area contributed by atoms with Crippen molar-refractivity contribution in [2.45, 2.75) is 20.0 Å². The zero-order valence-corrected chi connectivity index (χ0v) is 13.5. The van der Waals surface area contributed by atoms with Gasteiger partial charge in [-0.1, -0.05) is 37.3 Å². The molecule has 0 spiro atoms. The summed E-state index contributed by atoms with van der Waals surface area (Å²) in [6, 6.07) is 13.6. The second-order valence-electron chi connectivity index (χ2n) is 5.85. The minimum absolute atomic E-state index is 0.0714. The van der Waals surface area contributed by atoms with Crippen LogP contribution in [-0.4, -0.2) is 16.8 Å². The van der Waals surface area contributed by atoms with Crippen molar-refractivity contribution in [1.29, 1.82) is 0 Å². The van der Waals surface area contributed by atoms with E-state index >= 15 is 0 Å². The Balaban J connectivity index is 1.65. The largest absolute Gasteiger partial charge is 0.508 e. The molecule has 1 unspecified atom stereocenters. The quantitative estimate of drug-likeness (QED) is 0.863. The average Bonchev–Trinajstić information content (AvgIpc) is 2.62. The van der Waals surface area contributed by atoms with Crippen molar-refractivity contribution in [3.63, 3.8) is 0 Å². The van der Waals surface area contributed by atoms with Crippen LogP contribution in [0.15, 0.2) is 65.8 Å². The predicted octanol–water partition coefficient (Wildman–Crippen LogP) is 4.09. The number of phenols is 1. The van der Waals surface area contributed by atoms with Gasteiger partial charge in [0.2, 0.25) is 0 Å². The maximum Gasteiger partial charge on any atom is 0.193 e. The molecule has 3 rings (SSSR count). The maximum atomic E-state index is 12.4. The molecule has 0 aliphatic carbocycles. The lowest BCUT2D eigenvalue weighted by atomic mass is 10.0. The topological polar surface area (TPSA) is 58.9 Å². The van der Waals surface area contributed by atoms with Crippen LogP contribution in [0.5, 0.6) is 5.75 Å². The highest BCUT2D eigenvalue weighted by Gasteiger charge is 2.13. The number of carbonyl (C=O) groups is 1. The third-order valence-corrected chi connectivity index (χ3v) is 3.95. The summed E-state index contributed by atoms with van der Waals surface area (Å²) in [6.07, 6.45) is 4.74. The Kier molecular flexibility index (Phi) is 4.75. The molecule has 4 nitrogen and oxygen atoms in total. The Morgan fingerprint density at radius 3 is 2.38 bits per heavy atom. The van der Waals surface area contributed by atoms with E-state index in [1.54, 1.807) is 30.5 Å². The van der Waals surface area contributed by atoms with Crippen LogP contribution >= 0.6 is 0 Å². The molecule has 0 bridgehead atoms. The van der Waals surface area contributed by atoms with E-state index in [4.69, 9.17) is 4.74 Å². The van der Waals surface area contributed by atoms with Crippen LogP contribution in [0.2, 0.25) is 0 Å². The Morgan fingerprint density at radius 2 is 1.75 bits per heavy atom. The molecule has 1 aliphatic heterocycles. The van der Waals surface area contributed by atoms with Crippen LogP contribution in [0.4, 0.5) is 0 Å². The molecule has 1 atom stereocenters. The number of rotatable bonds is 4. The number of carbonyl (C=O) groups excluding carboxylic acids is 1. The van der Waals surface area contributed by atoms with Gasteiger partial charge in [0.1, 0.15) is 12.4 Å². The third kappa shape index (κ3) is 3.71. The zero-order valence-electron chi connectivity index (χ0n) is 13.5. The fourth-order valence-electron chi connectivity index (χ4n) is 2.49. The van der Waals surface area contributed by atoms with E-state index in [-0.39, 0.29) is 11.5 Å². The number of nitrogens with zero attached hydrogens (tertiary/aromatic N) is 1. The van der Waals surface area contributed by atoms with Gasteiger partial charge in [-0.25, -0.2) is 4.99 Å². The van der Waals surface area contributed by atoms with E-state index in [1.807, 2.05) is 18.2 Å². The first kappa shape index (κ1) is 16.0. The van der Waals surface area contributed by atoms with Gasteiger partial charge in [-0.15, -0.1) is 0 Å². The number of allylic oxidation sites excluding steroid dienone is 1. The van der Waals surface area contributed by atoms with Crippen molar-refractivity contribution in [2.24, 2.45) is 10.9 Å². The second kappa shape index (κ2) is 7.13. The van der Waals surface area contributed by atoms with Crippen molar-refractivity contribution < 1.29 is 14.6 Å². The van der Waals surface area contributed by atoms with Crippen molar-refractivity contribution >= 4 is 11.7 Å². The second-order valence-corrected chi connectivity index (χ2v) is 5.85. The Morgan fingerprint density at radius 1 is 1.12 bits per heavy atom. The molecular formula is C20H19NO3. The summed E-state index contributed by atoms with van der Waals surface area (Å²) in [5.41, 5.74) is 2.14. The van der Waals surface area contributed by atoms with Gasteiger partial charge >= 0.3 is 0 Å². The average molecular weight is 321 g/mol. The van der Waals surface area contributed by atoms with Crippen molar-refractivity contribution in [2.75, 3.05) is 0 Å². The molecule has 0 fully saturated rings. The molecule has 1 heterocycles. The van der Waals surface area contributed by atoms with Gasteiger partial charge in [-0.3, -0.25) is 4.79 Å². The highest BCUT2D eigenvalue weighted by molar-refractivity contribution is 6.09. The fourth-order valence-corrected chi connectivity index (χ4v) is 2.49. The molecule has 2 aromatic carbocycles. The number of benzene rings is 2. The normalized spacial score (nSPS) is 16.5. The van der Waals surface area contributed by atoms with Crippen LogP contribution in [0.1, 0.15) is 34.8 Å². The van der Waals surface area contributed by atoms with Crippen molar-refractivity contribution in [3.8, 4) is 5.75 Å². The lowest BCUT2D eigenvalue weighted by Gasteiger charge is -2.16. The maximum absolute atomic E-state index is 12.4. The molecule has 0 saturated carbocycles. The summed E-state index contributed by atoms with van der Waals surface area (Å²) in [6.45, 7) is 2.52. The predicted molar refractivity (Wildman–Crippen MR) is 93.1 cm³/mol. The van der Waals surface area contributed by atoms with E-state index in [0.29, 0.717) is 23.7 Å². The van der Waals surface area contributed by atoms with E-state index in [1.165, 1.54) is 12.1 Å². The summed E-state index contributed by atoms with van der Waals surface area (Å²) in [5.74, 6) is 1.12. The monoisotopic (exact) mass is 321 g/mol. The van der Waals surface area contributed by atoms with Gasteiger partial charge < -0.3 is 9.84 Å². The molecule has 4 heteroatoms. The number of phenolic OH excluding ortho intramolecular Hbond substituents is 1. The molecule has 0 saturated heterocycles. The lowest BCUT2D eigenvalue weighted by Crippen LogP contribution is -2.16. The standard InChI is InChI=1S/C20H19NO3/c1-14-3-2-12-21-20(14)24-13-15-4-6-16(7-5-15)19(23)17-8-10-18(22)11-9-17/h2,4-12,14,22H,3,13H2,1H3. The van der Waals surface area contributed by atoms with Crippen LogP contribution in [0.25, 0.3) is 0 Å². The van der Waals surface area contributed by atoms with Crippen LogP contribution in [0, 0.1) is 5.92 Å². The van der Waals surface area contributed by atoms with E-state index in [0.717, 1.165) is 17.9 Å². The van der Waals surface area contributed by atoms with E-state index < -0.39 is 0 Å². The molecule has 1 aliphatic rings. The Labute approximate surface area is 141 Å². The van der Waals surface area contributed by atoms with Gasteiger partial charge in [-0.05, 0) is 36.2 Å². The molecule has 0 aromatic heterocycles. The molecule has 122 valence electrons. The number of ether oxygens (including phenoxy) is 1. The summed E-state index contributed by atoms with van der Waals surface area (Å²) >= 11 is 0. The summed E-state index contributed by atoms with van der Waals surface area (Å²) < 4.78 is 5.77. The summed E-state index contributed by atoms with van der Waals surface area (Å²) in [4.78, 5) is 16.6. The molecule has 0 radical (unpaired) electrons. The van der Waals surface area contributed by atoms with E-state index in [9.17, 15) is 9.90 Å². The minimum Gasteiger partial charge on any atom is -0.508 e. The van der Waals surface area contributed by atoms with Gasteiger partial charge in [0.05, 0.1) is 0 Å². The first-order valence-electron chi connectivity index (χ1n) is 7.91. The van der Waals surface area contributed by atoms with Crippen LogP contribution in [-0.2, 0) is 11.3 Å². The van der Waals surface area contributed by atoms with Crippen molar-refractivity contribution in [1.82, 2.24) is 0 Å². The number of hydrogen-bond donors (Lipinski definition) is 1. The van der Waals surface area contributed by atoms with Crippen molar-refractivity contribution in [3.05, 3.63) is 77.5 Å². The van der Waals surface area contributed by atoms with Gasteiger partial charge in [0, 0.05) is 23.2 Å². The van der Waals surface area contributed by atoms with Crippen LogP contribution < -0.4 is 0 Å². The van der Waals surface area contributed by atoms with Crippen LogP contribution in [0.3, 0.4) is 0 Å². The number of ketones is 1. The Bertz CT molecular complexity index is 774. The van der Waals surface area contributed by atoms with Gasteiger partial charge in [0.15, 0.2) is 11.7 Å². The molecule has 24 heavy (non-hydrogen) atoms. The Hall–Kier alpha value is -2.88. The molecule has 1 N–H and O–H groups in total. The van der Waals surface area contributed by atoms with E-state index in [2.05, 4.69) is 11.9 Å². The number of aliphatic imine (C=N–C) groups is 1. The number of hydrogen-bond acceptors (Lipinski definition) is 4. The van der Waals surface area contributed by atoms with Gasteiger partial charge in [0.25, 0.3) is 0 Å². The minimum atomic E-state index is -0.0714. The summed E-state index contributed by atoms with van der Waals surface area (Å²) in [5, 5.41) is 9.29. The lowest BCUT2D eigenvalue weighted by molar-refractivity contribution is 0.103. The number of aromatic hydroxyl groups is 1. The third-order valence-electron chi connectivity index (χ3n) is 3.95. The summed E-state index contributed by atoms with van der Waals surface area (Å²) in [7, 11) is 0. The first-order valence-corrected chi connectivity index (χ1v) is 7.91. The highest BCUT2D eigenvalue weighted by atomic mass is 16.5. The highest BCUT2D eigenvalue weighted by Crippen LogP contribution is 2.17. The molecule has 2 aromatic rings. The smallest absolute Gasteiger partial charge is 0.193 e. The zero-order chi connectivity index (χ0) is 16.9. The van der Waals surface area contributed by atoms with Gasteiger partial charge in [-0.2, -0.15) is 0 Å². The fraction of sp³-hybridized carbons (Fsp3) is 0.200. The first-order chi connectivity index (χ1) is 11.6. The SMILES string of the molecule is CC1CC=CN=C1OCc1ccc(C(=O)c2ccc(O)cc2)cc1. The molecule has 0 amide bonds.